The summed E-state index contributed by atoms with van der Waals surface area (Å²) in [6, 6.07) is 0. The van der Waals surface area contributed by atoms with Crippen molar-refractivity contribution in [2.45, 2.75) is 0 Å². The number of nitrogens with one attached hydrogen (secondary N) is 2. The highest BCUT2D eigenvalue weighted by Gasteiger charge is 2.22. The zero-order valence-corrected chi connectivity index (χ0v) is 16.6. The van der Waals surface area contributed by atoms with Gasteiger partial charge in [0.2, 0.25) is 0 Å². The van der Waals surface area contributed by atoms with Gasteiger partial charge < -0.3 is 20.2 Å². The molecule has 2 aromatic heterocycles. The quantitative estimate of drug-likeness (QED) is 0.314. The molecule has 0 radical (unpaired) electrons. The third-order valence-electron chi connectivity index (χ3n) is 3.15. The molecule has 0 amide bonds. The molecule has 4 N–H and O–H groups in total. The van der Waals surface area contributed by atoms with E-state index < -0.39 is 11.1 Å². The minimum atomic E-state index is -0.528. The van der Waals surface area contributed by atoms with Crippen molar-refractivity contribution in [2.75, 3.05) is 0 Å². The van der Waals surface area contributed by atoms with Crippen LogP contribution in [0.15, 0.2) is 27.5 Å². The maximum Gasteiger partial charge on any atom is 0.266 e. The van der Waals surface area contributed by atoms with Crippen molar-refractivity contribution in [3.63, 3.8) is 0 Å². The molecule has 0 aliphatic heterocycles. The molecule has 0 aliphatic carbocycles. The van der Waals surface area contributed by atoms with Gasteiger partial charge in [0.15, 0.2) is 0 Å². The van der Waals surface area contributed by atoms with Crippen LogP contribution in [-0.2, 0) is 0 Å². The van der Waals surface area contributed by atoms with E-state index in [1.165, 1.54) is 0 Å². The van der Waals surface area contributed by atoms with E-state index in [0.29, 0.717) is 8.95 Å². The average molecular weight is 560 g/mol. The summed E-state index contributed by atoms with van der Waals surface area (Å²) >= 11 is 12.6. The summed E-state index contributed by atoms with van der Waals surface area (Å²) in [6.07, 6.45) is 0. The number of fused-ring (bicyclic) bond motifs is 3. The van der Waals surface area contributed by atoms with Gasteiger partial charge in [-0.15, -0.1) is 0 Å². The maximum atomic E-state index is 11.8. The molecule has 0 bridgehead atoms. The molecule has 0 saturated heterocycles. The van der Waals surface area contributed by atoms with Crippen molar-refractivity contribution in [3.8, 4) is 11.5 Å². The van der Waals surface area contributed by atoms with Gasteiger partial charge in [-0.25, -0.2) is 0 Å². The predicted octanol–water partition coefficient (Wildman–Crippen LogP) is 3.83. The molecule has 0 fully saturated rings. The van der Waals surface area contributed by atoms with Crippen molar-refractivity contribution < 1.29 is 10.2 Å². The smallest absolute Gasteiger partial charge is 0.266 e. The van der Waals surface area contributed by atoms with Crippen LogP contribution in [0.3, 0.4) is 0 Å². The Morgan fingerprint density at radius 1 is 0.636 bits per heavy atom. The highest BCUT2D eigenvalue weighted by atomic mass is 79.9. The number of halogens is 4. The largest absolute Gasteiger partial charge is 0.506 e. The Bertz CT molecular complexity index is 1000. The standard InChI is InChI=1S/C12H4Br4N2O4/c13-3-4(14)8-2(10(20)6(16)12(22)18-8)1-7(3)17-11(21)5(15)9(1)19/h(H2,17,19,21)(H2,18,20,22). The summed E-state index contributed by atoms with van der Waals surface area (Å²) < 4.78 is 0.703. The highest BCUT2D eigenvalue weighted by molar-refractivity contribution is 9.13. The van der Waals surface area contributed by atoms with Crippen LogP contribution in [-0.4, -0.2) is 20.2 Å². The molecule has 3 rings (SSSR count). The van der Waals surface area contributed by atoms with Crippen molar-refractivity contribution >= 4 is 85.5 Å². The lowest BCUT2D eigenvalue weighted by Crippen LogP contribution is -2.10. The van der Waals surface area contributed by atoms with E-state index in [9.17, 15) is 19.8 Å². The number of rotatable bonds is 0. The molecule has 0 aliphatic rings. The van der Waals surface area contributed by atoms with E-state index in [1.807, 2.05) is 0 Å². The van der Waals surface area contributed by atoms with Gasteiger partial charge in [-0.3, -0.25) is 9.59 Å². The number of pyridine rings is 2. The Morgan fingerprint density at radius 2 is 0.955 bits per heavy atom. The second kappa shape index (κ2) is 5.36. The fourth-order valence-corrected chi connectivity index (χ4v) is 3.75. The van der Waals surface area contributed by atoms with Crippen molar-refractivity contribution in [1.29, 1.82) is 0 Å². The Balaban J connectivity index is 2.84. The van der Waals surface area contributed by atoms with Gasteiger partial charge >= 0.3 is 0 Å². The molecule has 2 heterocycles. The van der Waals surface area contributed by atoms with Crippen molar-refractivity contribution in [3.05, 3.63) is 38.6 Å². The fourth-order valence-electron chi connectivity index (χ4n) is 2.17. The number of benzene rings is 1. The topological polar surface area (TPSA) is 106 Å². The Hall–Kier alpha value is -0.840. The molecule has 1 aromatic carbocycles. The van der Waals surface area contributed by atoms with Gasteiger partial charge in [0.25, 0.3) is 11.1 Å². The summed E-state index contributed by atoms with van der Waals surface area (Å²) in [5.74, 6) is -0.683. The Morgan fingerprint density at radius 3 is 1.27 bits per heavy atom. The van der Waals surface area contributed by atoms with Crippen LogP contribution in [0.1, 0.15) is 0 Å². The first-order chi connectivity index (χ1) is 10.3. The SMILES string of the molecule is O=c1[nH]c2c(Br)c(Br)c3[nH]c(=O)c(Br)c(O)c3c2c(O)c1Br. The molecule has 22 heavy (non-hydrogen) atoms. The summed E-state index contributed by atoms with van der Waals surface area (Å²) in [4.78, 5) is 28.9. The monoisotopic (exact) mass is 556 g/mol. The zero-order chi connectivity index (χ0) is 16.3. The van der Waals surface area contributed by atoms with Gasteiger partial charge in [0, 0.05) is 0 Å². The van der Waals surface area contributed by atoms with E-state index in [4.69, 9.17) is 0 Å². The number of aromatic amines is 2. The third-order valence-corrected chi connectivity index (χ3v) is 6.74. The van der Waals surface area contributed by atoms with Gasteiger partial charge in [0.05, 0.1) is 30.8 Å². The lowest BCUT2D eigenvalue weighted by Gasteiger charge is -2.13. The number of hydrogen-bond acceptors (Lipinski definition) is 4. The lowest BCUT2D eigenvalue weighted by molar-refractivity contribution is 0.472. The van der Waals surface area contributed by atoms with E-state index in [0.717, 1.165) is 0 Å². The van der Waals surface area contributed by atoms with Crippen LogP contribution in [0.25, 0.3) is 21.8 Å². The molecular formula is C12H4Br4N2O4. The molecular weight excluding hydrogens is 556 g/mol. The van der Waals surface area contributed by atoms with E-state index in [-0.39, 0.29) is 42.3 Å². The molecule has 3 aromatic rings. The minimum absolute atomic E-state index is 0.0720. The van der Waals surface area contributed by atoms with Crippen molar-refractivity contribution in [2.24, 2.45) is 0 Å². The van der Waals surface area contributed by atoms with Gasteiger partial charge in [-0.2, -0.15) is 0 Å². The van der Waals surface area contributed by atoms with E-state index >= 15 is 0 Å². The van der Waals surface area contributed by atoms with E-state index in [2.05, 4.69) is 73.7 Å². The number of aromatic nitrogens is 2. The molecule has 0 atom stereocenters. The first kappa shape index (κ1) is 16.0. The van der Waals surface area contributed by atoms with Gasteiger partial charge in [0.1, 0.15) is 20.4 Å². The second-order valence-corrected chi connectivity index (χ2v) is 7.53. The predicted molar refractivity (Wildman–Crippen MR) is 96.8 cm³/mol. The molecule has 10 heteroatoms. The first-order valence-electron chi connectivity index (χ1n) is 5.61. The highest BCUT2D eigenvalue weighted by Crippen LogP contribution is 2.45. The molecule has 0 unspecified atom stereocenters. The zero-order valence-electron chi connectivity index (χ0n) is 10.2. The van der Waals surface area contributed by atoms with Crippen LogP contribution in [0.4, 0.5) is 0 Å². The number of H-pyrrole nitrogens is 2. The fraction of sp³-hybridized carbons (Fsp3) is 0. The first-order valence-corrected chi connectivity index (χ1v) is 8.78. The molecule has 0 saturated carbocycles. The van der Waals surface area contributed by atoms with Crippen LogP contribution >= 0.6 is 63.7 Å². The Kier molecular flexibility index (Phi) is 3.91. The van der Waals surface area contributed by atoms with Crippen LogP contribution in [0, 0.1) is 0 Å². The van der Waals surface area contributed by atoms with Crippen LogP contribution < -0.4 is 11.1 Å². The maximum absolute atomic E-state index is 11.8. The third kappa shape index (κ3) is 2.08. The average Bonchev–Trinajstić information content (AvgIpc) is 2.48. The Labute approximate surface area is 155 Å². The normalized spacial score (nSPS) is 11.5. The van der Waals surface area contributed by atoms with Gasteiger partial charge in [-0.1, -0.05) is 0 Å². The van der Waals surface area contributed by atoms with Crippen molar-refractivity contribution in [1.82, 2.24) is 9.97 Å². The van der Waals surface area contributed by atoms with Crippen LogP contribution in [0.2, 0.25) is 0 Å². The summed E-state index contributed by atoms with van der Waals surface area (Å²) in [5.41, 5.74) is -0.501. The summed E-state index contributed by atoms with van der Waals surface area (Å²) in [5, 5.41) is 21.0. The molecule has 0 spiro atoms. The molecule has 6 nitrogen and oxygen atoms in total. The van der Waals surface area contributed by atoms with E-state index in [1.54, 1.807) is 0 Å². The second-order valence-electron chi connectivity index (χ2n) is 4.36. The minimum Gasteiger partial charge on any atom is -0.506 e. The lowest BCUT2D eigenvalue weighted by atomic mass is 10.1. The summed E-state index contributed by atoms with van der Waals surface area (Å²) in [6.45, 7) is 0. The number of aromatic hydroxyl groups is 2. The number of hydrogen-bond donors (Lipinski definition) is 4. The van der Waals surface area contributed by atoms with Gasteiger partial charge in [-0.05, 0) is 63.7 Å². The summed E-state index contributed by atoms with van der Waals surface area (Å²) in [7, 11) is 0. The van der Waals surface area contributed by atoms with Crippen LogP contribution in [0.5, 0.6) is 11.5 Å². The molecule has 114 valence electrons.